The fourth-order valence-electron chi connectivity index (χ4n) is 1.78. The second-order valence-corrected chi connectivity index (χ2v) is 5.38. The first-order valence-corrected chi connectivity index (χ1v) is 8.20. The Morgan fingerprint density at radius 3 is 2.67 bits per heavy atom. The van der Waals surface area contributed by atoms with E-state index in [0.29, 0.717) is 19.0 Å². The summed E-state index contributed by atoms with van der Waals surface area (Å²) in [5.41, 5.74) is 1.26. The molecule has 0 bridgehead atoms. The highest BCUT2D eigenvalue weighted by Crippen LogP contribution is 2.14. The van der Waals surface area contributed by atoms with Crippen LogP contribution in [0.15, 0.2) is 22.9 Å². The summed E-state index contributed by atoms with van der Waals surface area (Å²) in [6, 6.07) is 4.05. The van der Waals surface area contributed by atoms with Crippen molar-refractivity contribution in [1.29, 1.82) is 0 Å². The van der Waals surface area contributed by atoms with Gasteiger partial charge in [0.25, 0.3) is 0 Å². The Morgan fingerprint density at radius 1 is 1.19 bits per heavy atom. The van der Waals surface area contributed by atoms with Crippen molar-refractivity contribution in [2.45, 2.75) is 33.4 Å². The summed E-state index contributed by atoms with van der Waals surface area (Å²) in [4.78, 5) is 8.96. The van der Waals surface area contributed by atoms with Crippen molar-refractivity contribution in [3.63, 3.8) is 0 Å². The maximum absolute atomic E-state index is 5.41. The number of aromatic nitrogens is 2. The van der Waals surface area contributed by atoms with Crippen LogP contribution in [0.1, 0.15) is 31.7 Å². The van der Waals surface area contributed by atoms with Crippen molar-refractivity contribution < 1.29 is 4.74 Å². The summed E-state index contributed by atoms with van der Waals surface area (Å²) in [5, 5.41) is 10.8. The number of nitrogens with one attached hydrogen (secondary N) is 2. The van der Waals surface area contributed by atoms with Gasteiger partial charge >= 0.3 is 0 Å². The topological polar surface area (TPSA) is 59.1 Å². The van der Waals surface area contributed by atoms with Gasteiger partial charge < -0.3 is 15.4 Å². The van der Waals surface area contributed by atoms with E-state index in [1.165, 1.54) is 5.56 Å². The highest BCUT2D eigenvalue weighted by Gasteiger charge is 2.05. The highest BCUT2D eigenvalue weighted by molar-refractivity contribution is 7.07. The number of thiophene rings is 1. The molecule has 2 N–H and O–H groups in total. The molecular formula is C15H22N4OS. The SMILES string of the molecule is CCCNc1cc(NCc2ccsc2)nc(COCC)n1. The van der Waals surface area contributed by atoms with E-state index in [2.05, 4.69) is 44.4 Å². The van der Waals surface area contributed by atoms with Crippen molar-refractivity contribution in [3.05, 3.63) is 34.3 Å². The number of anilines is 2. The van der Waals surface area contributed by atoms with Crippen LogP contribution in [-0.2, 0) is 17.9 Å². The Kier molecular flexibility index (Phi) is 6.43. The van der Waals surface area contributed by atoms with Crippen molar-refractivity contribution in [1.82, 2.24) is 9.97 Å². The van der Waals surface area contributed by atoms with E-state index < -0.39 is 0 Å². The van der Waals surface area contributed by atoms with Gasteiger partial charge in [-0.05, 0) is 35.7 Å². The van der Waals surface area contributed by atoms with Crippen LogP contribution in [0, 0.1) is 0 Å². The molecule has 2 rings (SSSR count). The highest BCUT2D eigenvalue weighted by atomic mass is 32.1. The van der Waals surface area contributed by atoms with E-state index in [-0.39, 0.29) is 0 Å². The molecule has 0 unspecified atom stereocenters. The molecule has 0 fully saturated rings. The van der Waals surface area contributed by atoms with Gasteiger partial charge in [0, 0.05) is 25.8 Å². The molecule has 6 heteroatoms. The van der Waals surface area contributed by atoms with Crippen LogP contribution < -0.4 is 10.6 Å². The zero-order valence-corrected chi connectivity index (χ0v) is 13.4. The number of ether oxygens (including phenoxy) is 1. The lowest BCUT2D eigenvalue weighted by atomic mass is 10.3. The van der Waals surface area contributed by atoms with E-state index in [1.54, 1.807) is 11.3 Å². The molecule has 2 aromatic heterocycles. The molecule has 0 atom stereocenters. The van der Waals surface area contributed by atoms with Crippen LogP contribution in [0.5, 0.6) is 0 Å². The Morgan fingerprint density at radius 2 is 2.00 bits per heavy atom. The summed E-state index contributed by atoms with van der Waals surface area (Å²) in [6.45, 7) is 6.86. The summed E-state index contributed by atoms with van der Waals surface area (Å²) < 4.78 is 5.41. The van der Waals surface area contributed by atoms with Crippen molar-refractivity contribution in [2.24, 2.45) is 0 Å². The van der Waals surface area contributed by atoms with Crippen molar-refractivity contribution in [3.8, 4) is 0 Å². The van der Waals surface area contributed by atoms with Gasteiger partial charge in [-0.3, -0.25) is 0 Å². The summed E-state index contributed by atoms with van der Waals surface area (Å²) in [5.74, 6) is 2.37. The van der Waals surface area contributed by atoms with Gasteiger partial charge in [0.1, 0.15) is 18.2 Å². The molecule has 5 nitrogen and oxygen atoms in total. The van der Waals surface area contributed by atoms with Crippen LogP contribution in [0.4, 0.5) is 11.6 Å². The number of hydrogen-bond donors (Lipinski definition) is 2. The first-order valence-electron chi connectivity index (χ1n) is 7.26. The minimum absolute atomic E-state index is 0.436. The monoisotopic (exact) mass is 306 g/mol. The van der Waals surface area contributed by atoms with E-state index in [4.69, 9.17) is 4.74 Å². The third kappa shape index (κ3) is 5.32. The standard InChI is InChI=1S/C15H22N4OS/c1-3-6-16-13-8-14(17-9-12-5-7-21-11-12)19-15(18-13)10-20-4-2/h5,7-8,11H,3-4,6,9-10H2,1-2H3,(H2,16,17,18,19). The quantitative estimate of drug-likeness (QED) is 0.742. The summed E-state index contributed by atoms with van der Waals surface area (Å²) >= 11 is 1.70. The molecule has 0 spiro atoms. The predicted octanol–water partition coefficient (Wildman–Crippen LogP) is 3.51. The molecule has 0 aliphatic rings. The molecule has 114 valence electrons. The van der Waals surface area contributed by atoms with E-state index >= 15 is 0 Å². The maximum atomic E-state index is 5.41. The molecular weight excluding hydrogens is 284 g/mol. The van der Waals surface area contributed by atoms with Crippen molar-refractivity contribution in [2.75, 3.05) is 23.8 Å². The van der Waals surface area contributed by atoms with E-state index in [0.717, 1.165) is 31.1 Å². The maximum Gasteiger partial charge on any atom is 0.158 e. The smallest absolute Gasteiger partial charge is 0.158 e. The number of nitrogens with zero attached hydrogens (tertiary/aromatic N) is 2. The Hall–Kier alpha value is -1.66. The zero-order valence-electron chi connectivity index (χ0n) is 12.6. The molecule has 0 aliphatic carbocycles. The third-order valence-corrected chi connectivity index (χ3v) is 3.55. The first kappa shape index (κ1) is 15.7. The lowest BCUT2D eigenvalue weighted by Gasteiger charge is -2.11. The summed E-state index contributed by atoms with van der Waals surface area (Å²) in [6.07, 6.45) is 1.06. The van der Waals surface area contributed by atoms with Crippen LogP contribution in [0.3, 0.4) is 0 Å². The Labute approximate surface area is 129 Å². The first-order chi connectivity index (χ1) is 10.3. The van der Waals surface area contributed by atoms with Crippen molar-refractivity contribution >= 4 is 23.0 Å². The third-order valence-electron chi connectivity index (χ3n) is 2.82. The number of rotatable bonds is 9. The van der Waals surface area contributed by atoms with Gasteiger partial charge in [-0.25, -0.2) is 9.97 Å². The molecule has 21 heavy (non-hydrogen) atoms. The zero-order chi connectivity index (χ0) is 14.9. The molecule has 0 aliphatic heterocycles. The van der Waals surface area contributed by atoms with Gasteiger partial charge in [-0.1, -0.05) is 6.92 Å². The van der Waals surface area contributed by atoms with Crippen LogP contribution in [0.2, 0.25) is 0 Å². The average molecular weight is 306 g/mol. The Bertz CT molecular complexity index is 504. The molecule has 0 radical (unpaired) electrons. The van der Waals surface area contributed by atoms with E-state index in [9.17, 15) is 0 Å². The normalized spacial score (nSPS) is 10.6. The van der Waals surface area contributed by atoms with Gasteiger partial charge in [0.05, 0.1) is 0 Å². The van der Waals surface area contributed by atoms with Crippen LogP contribution in [0.25, 0.3) is 0 Å². The fourth-order valence-corrected chi connectivity index (χ4v) is 2.44. The van der Waals surface area contributed by atoms with Gasteiger partial charge in [-0.2, -0.15) is 11.3 Å². The number of hydrogen-bond acceptors (Lipinski definition) is 6. The van der Waals surface area contributed by atoms with Crippen LogP contribution >= 0.6 is 11.3 Å². The van der Waals surface area contributed by atoms with Gasteiger partial charge in [0.15, 0.2) is 5.82 Å². The molecule has 0 saturated carbocycles. The molecule has 2 aromatic rings. The fraction of sp³-hybridized carbons (Fsp3) is 0.467. The van der Waals surface area contributed by atoms with E-state index in [1.807, 2.05) is 13.0 Å². The summed E-state index contributed by atoms with van der Waals surface area (Å²) in [7, 11) is 0. The predicted molar refractivity (Wildman–Crippen MR) is 87.8 cm³/mol. The molecule has 0 amide bonds. The Balaban J connectivity index is 2.05. The second-order valence-electron chi connectivity index (χ2n) is 4.60. The molecule has 2 heterocycles. The largest absolute Gasteiger partial charge is 0.374 e. The lowest BCUT2D eigenvalue weighted by Crippen LogP contribution is -2.09. The lowest BCUT2D eigenvalue weighted by molar-refractivity contribution is 0.128. The van der Waals surface area contributed by atoms with Gasteiger partial charge in [0.2, 0.25) is 0 Å². The molecule has 0 aromatic carbocycles. The minimum Gasteiger partial charge on any atom is -0.374 e. The second kappa shape index (κ2) is 8.59. The average Bonchev–Trinajstić information content (AvgIpc) is 3.02. The minimum atomic E-state index is 0.436. The molecule has 0 saturated heterocycles. The van der Waals surface area contributed by atoms with Gasteiger partial charge in [-0.15, -0.1) is 0 Å². The van der Waals surface area contributed by atoms with Crippen LogP contribution in [-0.4, -0.2) is 23.1 Å².